The average Bonchev–Trinajstić information content (AvgIpc) is 3.10. The van der Waals surface area contributed by atoms with Crippen molar-refractivity contribution in [3.63, 3.8) is 0 Å². The maximum absolute atomic E-state index is 12.4. The lowest BCUT2D eigenvalue weighted by atomic mass is 10.1. The number of hydrazone groups is 1. The van der Waals surface area contributed by atoms with Crippen LogP contribution in [0.5, 0.6) is 11.5 Å². The highest BCUT2D eigenvalue weighted by atomic mass is 16.5. The number of carbonyl (C=O) groups excluding carboxylic acids is 2. The molecule has 1 heterocycles. The zero-order valence-electron chi connectivity index (χ0n) is 16.1. The molecule has 0 spiro atoms. The maximum atomic E-state index is 12.4. The quantitative estimate of drug-likeness (QED) is 0.616. The van der Waals surface area contributed by atoms with Crippen molar-refractivity contribution >= 4 is 23.7 Å². The number of carbonyl (C=O) groups is 2. The summed E-state index contributed by atoms with van der Waals surface area (Å²) in [6.07, 6.45) is 1.69. The van der Waals surface area contributed by atoms with E-state index in [0.717, 1.165) is 16.8 Å². The van der Waals surface area contributed by atoms with Crippen molar-refractivity contribution in [2.75, 3.05) is 25.7 Å². The molecule has 1 saturated heterocycles. The third kappa shape index (κ3) is 4.31. The Balaban J connectivity index is 1.60. The molecular formula is C21H23N3O4. The molecule has 7 heteroatoms. The summed E-state index contributed by atoms with van der Waals surface area (Å²) in [5.74, 6) is 0.418. The van der Waals surface area contributed by atoms with Gasteiger partial charge < -0.3 is 14.4 Å². The average molecular weight is 381 g/mol. The number of amides is 2. The summed E-state index contributed by atoms with van der Waals surface area (Å²) in [4.78, 5) is 26.3. The highest BCUT2D eigenvalue weighted by Crippen LogP contribution is 2.27. The first kappa shape index (κ1) is 19.4. The molecule has 0 aliphatic carbocycles. The van der Waals surface area contributed by atoms with Gasteiger partial charge in [0.15, 0.2) is 11.5 Å². The number of anilines is 1. The number of nitrogens with zero attached hydrogens (tertiary/aromatic N) is 2. The van der Waals surface area contributed by atoms with E-state index in [1.165, 1.54) is 6.21 Å². The van der Waals surface area contributed by atoms with Gasteiger partial charge in [0.1, 0.15) is 0 Å². The van der Waals surface area contributed by atoms with Gasteiger partial charge in [0.2, 0.25) is 11.8 Å². The molecule has 2 aromatic carbocycles. The lowest BCUT2D eigenvalue weighted by molar-refractivity contribution is -0.126. The van der Waals surface area contributed by atoms with Gasteiger partial charge >= 0.3 is 0 Å². The van der Waals surface area contributed by atoms with Crippen LogP contribution in [-0.4, -0.2) is 38.8 Å². The van der Waals surface area contributed by atoms with Gasteiger partial charge in [0.05, 0.1) is 26.4 Å². The highest BCUT2D eigenvalue weighted by Gasteiger charge is 2.35. The molecule has 1 fully saturated rings. The second kappa shape index (κ2) is 8.56. The fraction of sp³-hybridized carbons (Fsp3) is 0.286. The minimum atomic E-state index is -0.434. The summed E-state index contributed by atoms with van der Waals surface area (Å²) < 4.78 is 10.4. The van der Waals surface area contributed by atoms with Crippen molar-refractivity contribution in [1.82, 2.24) is 5.43 Å². The molecular weight excluding hydrogens is 358 g/mol. The van der Waals surface area contributed by atoms with E-state index < -0.39 is 5.92 Å². The van der Waals surface area contributed by atoms with E-state index >= 15 is 0 Å². The van der Waals surface area contributed by atoms with E-state index in [0.29, 0.717) is 18.0 Å². The van der Waals surface area contributed by atoms with Gasteiger partial charge in [-0.05, 0) is 42.8 Å². The number of benzene rings is 2. The van der Waals surface area contributed by atoms with Crippen molar-refractivity contribution < 1.29 is 19.1 Å². The minimum absolute atomic E-state index is 0.0622. The van der Waals surface area contributed by atoms with E-state index in [1.54, 1.807) is 37.3 Å². The van der Waals surface area contributed by atoms with Gasteiger partial charge in [-0.15, -0.1) is 0 Å². The van der Waals surface area contributed by atoms with Crippen LogP contribution in [0.3, 0.4) is 0 Å². The number of hydrogen-bond acceptors (Lipinski definition) is 5. The number of aryl methyl sites for hydroxylation is 1. The molecule has 7 nitrogen and oxygen atoms in total. The predicted molar refractivity (Wildman–Crippen MR) is 107 cm³/mol. The third-order valence-corrected chi connectivity index (χ3v) is 4.64. The zero-order chi connectivity index (χ0) is 20.1. The topological polar surface area (TPSA) is 80.2 Å². The first-order chi connectivity index (χ1) is 13.5. The Morgan fingerprint density at radius 2 is 1.86 bits per heavy atom. The van der Waals surface area contributed by atoms with Crippen LogP contribution < -0.4 is 19.8 Å². The Morgan fingerprint density at radius 1 is 1.14 bits per heavy atom. The van der Waals surface area contributed by atoms with Crippen molar-refractivity contribution in [2.24, 2.45) is 11.0 Å². The Kier molecular flexibility index (Phi) is 5.93. The van der Waals surface area contributed by atoms with Crippen LogP contribution in [0, 0.1) is 12.8 Å². The van der Waals surface area contributed by atoms with Crippen LogP contribution in [0.2, 0.25) is 0 Å². The van der Waals surface area contributed by atoms with Crippen molar-refractivity contribution in [1.29, 1.82) is 0 Å². The van der Waals surface area contributed by atoms with Gasteiger partial charge in [-0.2, -0.15) is 5.10 Å². The van der Waals surface area contributed by atoms with E-state index in [9.17, 15) is 9.59 Å². The normalized spacial score (nSPS) is 16.5. The number of methoxy groups -OCH3 is 2. The van der Waals surface area contributed by atoms with Crippen LogP contribution >= 0.6 is 0 Å². The van der Waals surface area contributed by atoms with Crippen LogP contribution in [0.25, 0.3) is 0 Å². The first-order valence-electron chi connectivity index (χ1n) is 8.94. The van der Waals surface area contributed by atoms with Gasteiger partial charge in [-0.25, -0.2) is 5.43 Å². The number of ether oxygens (including phenoxy) is 2. The molecule has 1 N–H and O–H groups in total. The van der Waals surface area contributed by atoms with Crippen LogP contribution in [0.15, 0.2) is 47.6 Å². The second-order valence-electron chi connectivity index (χ2n) is 6.59. The molecule has 28 heavy (non-hydrogen) atoms. The summed E-state index contributed by atoms with van der Waals surface area (Å²) in [5.41, 5.74) is 5.20. The lowest BCUT2D eigenvalue weighted by Crippen LogP contribution is -2.30. The van der Waals surface area contributed by atoms with Crippen molar-refractivity contribution in [3.05, 3.63) is 53.6 Å². The SMILES string of the molecule is COc1ccc(/C=N\NC(=O)[C@@H]2CC(=O)N(c3ccc(C)cc3)C2)cc1OC. The van der Waals surface area contributed by atoms with E-state index in [-0.39, 0.29) is 18.2 Å². The summed E-state index contributed by atoms with van der Waals surface area (Å²) in [6, 6.07) is 13.0. The molecule has 0 saturated carbocycles. The van der Waals surface area contributed by atoms with E-state index in [2.05, 4.69) is 10.5 Å². The summed E-state index contributed by atoms with van der Waals surface area (Å²) in [5, 5.41) is 4.00. The fourth-order valence-corrected chi connectivity index (χ4v) is 3.05. The van der Waals surface area contributed by atoms with E-state index in [1.807, 2.05) is 31.2 Å². The maximum Gasteiger partial charge on any atom is 0.245 e. The Morgan fingerprint density at radius 3 is 2.54 bits per heavy atom. The van der Waals surface area contributed by atoms with Gasteiger partial charge in [0.25, 0.3) is 0 Å². The molecule has 0 radical (unpaired) electrons. The van der Waals surface area contributed by atoms with Gasteiger partial charge in [0, 0.05) is 18.7 Å². The molecule has 2 aromatic rings. The molecule has 0 bridgehead atoms. The monoisotopic (exact) mass is 381 g/mol. The summed E-state index contributed by atoms with van der Waals surface area (Å²) in [7, 11) is 3.12. The molecule has 0 unspecified atom stereocenters. The van der Waals surface area contributed by atoms with Crippen molar-refractivity contribution in [2.45, 2.75) is 13.3 Å². The zero-order valence-corrected chi connectivity index (χ0v) is 16.1. The molecule has 2 amide bonds. The standard InChI is InChI=1S/C21H23N3O4/c1-14-4-7-17(8-5-14)24-13-16(11-20(24)25)21(26)23-22-12-15-6-9-18(27-2)19(10-15)28-3/h4-10,12,16H,11,13H2,1-3H3,(H,23,26)/b22-12-/t16-/m1/s1. The van der Waals surface area contributed by atoms with Gasteiger partial charge in [-0.3, -0.25) is 9.59 Å². The summed E-state index contributed by atoms with van der Waals surface area (Å²) >= 11 is 0. The lowest BCUT2D eigenvalue weighted by Gasteiger charge is -2.16. The Hall–Kier alpha value is -3.35. The molecule has 1 aliphatic rings. The molecule has 3 rings (SSSR count). The third-order valence-electron chi connectivity index (χ3n) is 4.64. The summed E-state index contributed by atoms with van der Waals surface area (Å²) in [6.45, 7) is 2.34. The molecule has 0 aromatic heterocycles. The molecule has 1 aliphatic heterocycles. The smallest absolute Gasteiger partial charge is 0.245 e. The fourth-order valence-electron chi connectivity index (χ4n) is 3.05. The van der Waals surface area contributed by atoms with Gasteiger partial charge in [-0.1, -0.05) is 17.7 Å². The second-order valence-corrected chi connectivity index (χ2v) is 6.59. The van der Waals surface area contributed by atoms with Crippen LogP contribution in [0.4, 0.5) is 5.69 Å². The minimum Gasteiger partial charge on any atom is -0.493 e. The number of rotatable bonds is 6. The van der Waals surface area contributed by atoms with Crippen LogP contribution in [0.1, 0.15) is 17.5 Å². The Bertz CT molecular complexity index is 893. The van der Waals surface area contributed by atoms with E-state index in [4.69, 9.17) is 9.47 Å². The number of nitrogens with one attached hydrogen (secondary N) is 1. The molecule has 146 valence electrons. The highest BCUT2D eigenvalue weighted by molar-refractivity contribution is 6.00. The van der Waals surface area contributed by atoms with Crippen molar-refractivity contribution in [3.8, 4) is 11.5 Å². The largest absolute Gasteiger partial charge is 0.493 e. The number of hydrogen-bond donors (Lipinski definition) is 1. The van der Waals surface area contributed by atoms with Crippen LogP contribution in [-0.2, 0) is 9.59 Å². The Labute approximate surface area is 163 Å². The molecule has 1 atom stereocenters. The predicted octanol–water partition coefficient (Wildman–Crippen LogP) is 2.52. The first-order valence-corrected chi connectivity index (χ1v) is 8.94.